The van der Waals surface area contributed by atoms with Crippen LogP contribution in [0.25, 0.3) is 0 Å². The predicted octanol–water partition coefficient (Wildman–Crippen LogP) is 6.80. The Morgan fingerprint density at radius 1 is 0.903 bits per heavy atom. The molecule has 0 aliphatic carbocycles. The number of aryl methyl sites for hydroxylation is 4. The van der Waals surface area contributed by atoms with E-state index in [9.17, 15) is 4.79 Å². The second-order valence-electron chi connectivity index (χ2n) is 7.68. The maximum atomic E-state index is 13.0. The van der Waals surface area contributed by atoms with Crippen molar-refractivity contribution in [2.75, 3.05) is 11.9 Å². The van der Waals surface area contributed by atoms with Crippen LogP contribution in [0.3, 0.4) is 0 Å². The third kappa shape index (κ3) is 5.59. The van der Waals surface area contributed by atoms with Gasteiger partial charge in [-0.15, -0.1) is 0 Å². The van der Waals surface area contributed by atoms with Crippen LogP contribution in [0.5, 0.6) is 11.5 Å². The van der Waals surface area contributed by atoms with Crippen LogP contribution in [0.4, 0.5) is 5.69 Å². The Morgan fingerprint density at radius 3 is 2.26 bits per heavy atom. The van der Waals surface area contributed by atoms with E-state index in [0.717, 1.165) is 27.9 Å². The van der Waals surface area contributed by atoms with Crippen molar-refractivity contribution in [1.82, 2.24) is 0 Å². The Bertz CT molecular complexity index is 1080. The molecule has 3 rings (SSSR count). The molecule has 4 nitrogen and oxygen atoms in total. The summed E-state index contributed by atoms with van der Waals surface area (Å²) in [5.74, 6) is 1.25. The zero-order valence-corrected chi connectivity index (χ0v) is 19.4. The summed E-state index contributed by atoms with van der Waals surface area (Å²) in [7, 11) is 0. The van der Waals surface area contributed by atoms with Crippen LogP contribution in [-0.2, 0) is 6.61 Å². The molecule has 0 saturated carbocycles. The molecule has 1 N–H and O–H groups in total. The second-order valence-corrected chi connectivity index (χ2v) is 8.09. The molecule has 0 spiro atoms. The predicted molar refractivity (Wildman–Crippen MR) is 127 cm³/mol. The van der Waals surface area contributed by atoms with Gasteiger partial charge in [-0.1, -0.05) is 29.3 Å². The monoisotopic (exact) mass is 437 g/mol. The lowest BCUT2D eigenvalue weighted by Gasteiger charge is -2.15. The van der Waals surface area contributed by atoms with E-state index in [1.165, 1.54) is 5.56 Å². The van der Waals surface area contributed by atoms with Gasteiger partial charge in [0.1, 0.15) is 18.1 Å². The van der Waals surface area contributed by atoms with Gasteiger partial charge in [0.25, 0.3) is 5.91 Å². The average molecular weight is 438 g/mol. The number of amides is 1. The zero-order valence-electron chi connectivity index (χ0n) is 18.6. The first-order valence-electron chi connectivity index (χ1n) is 10.3. The zero-order chi connectivity index (χ0) is 22.5. The number of anilines is 1. The van der Waals surface area contributed by atoms with E-state index in [1.54, 1.807) is 6.07 Å². The number of ether oxygens (including phenoxy) is 2. The van der Waals surface area contributed by atoms with Gasteiger partial charge in [0.15, 0.2) is 0 Å². The Kier molecular flexibility index (Phi) is 7.24. The Hall–Kier alpha value is -2.98. The van der Waals surface area contributed by atoms with Gasteiger partial charge < -0.3 is 14.8 Å². The van der Waals surface area contributed by atoms with Crippen molar-refractivity contribution in [3.8, 4) is 11.5 Å². The molecule has 0 saturated heterocycles. The molecule has 0 radical (unpaired) electrons. The largest absolute Gasteiger partial charge is 0.493 e. The Labute approximate surface area is 189 Å². The molecular formula is C26H28ClNO3. The summed E-state index contributed by atoms with van der Waals surface area (Å²) < 4.78 is 11.7. The van der Waals surface area contributed by atoms with Crippen LogP contribution in [0.15, 0.2) is 48.5 Å². The molecule has 0 heterocycles. The van der Waals surface area contributed by atoms with Crippen molar-refractivity contribution in [3.63, 3.8) is 0 Å². The number of rotatable bonds is 7. The van der Waals surface area contributed by atoms with Crippen LogP contribution in [-0.4, -0.2) is 12.5 Å². The fourth-order valence-corrected chi connectivity index (χ4v) is 3.68. The second kappa shape index (κ2) is 9.88. The molecule has 3 aromatic carbocycles. The highest BCUT2D eigenvalue weighted by Crippen LogP contribution is 2.27. The van der Waals surface area contributed by atoms with Crippen molar-refractivity contribution in [1.29, 1.82) is 0 Å². The number of hydrogen-bond acceptors (Lipinski definition) is 3. The molecule has 0 bridgehead atoms. The van der Waals surface area contributed by atoms with Crippen LogP contribution in [0.1, 0.15) is 45.1 Å². The maximum absolute atomic E-state index is 13.0. The smallest absolute Gasteiger partial charge is 0.255 e. The molecule has 0 aromatic heterocycles. The lowest BCUT2D eigenvalue weighted by Crippen LogP contribution is -2.15. The summed E-state index contributed by atoms with van der Waals surface area (Å²) in [6, 6.07) is 15.1. The van der Waals surface area contributed by atoms with Gasteiger partial charge in [-0.2, -0.15) is 0 Å². The number of carbonyl (C=O) groups is 1. The number of benzene rings is 3. The summed E-state index contributed by atoms with van der Waals surface area (Å²) in [6.07, 6.45) is 0. The van der Waals surface area contributed by atoms with Crippen LogP contribution < -0.4 is 14.8 Å². The number of halogens is 1. The summed E-state index contributed by atoms with van der Waals surface area (Å²) in [5.41, 5.74) is 6.40. The normalized spacial score (nSPS) is 10.6. The molecular weight excluding hydrogens is 410 g/mol. The van der Waals surface area contributed by atoms with E-state index in [0.29, 0.717) is 28.7 Å². The van der Waals surface area contributed by atoms with E-state index in [-0.39, 0.29) is 12.5 Å². The van der Waals surface area contributed by atoms with Gasteiger partial charge in [-0.25, -0.2) is 0 Å². The topological polar surface area (TPSA) is 47.6 Å². The maximum Gasteiger partial charge on any atom is 0.255 e. The van der Waals surface area contributed by atoms with Gasteiger partial charge >= 0.3 is 0 Å². The standard InChI is InChI=1S/C26H28ClNO3/c1-6-30-24-10-7-20(26(29)28-25-18(4)11-16(2)12-19(25)5)14-21(24)15-31-22-8-9-23(27)17(3)13-22/h7-14H,6,15H2,1-5H3,(H,28,29). The minimum Gasteiger partial charge on any atom is -0.493 e. The van der Waals surface area contributed by atoms with Crippen molar-refractivity contribution >= 4 is 23.2 Å². The highest BCUT2D eigenvalue weighted by atomic mass is 35.5. The molecule has 0 atom stereocenters. The van der Waals surface area contributed by atoms with Crippen molar-refractivity contribution in [3.05, 3.63) is 86.9 Å². The third-order valence-corrected chi connectivity index (χ3v) is 5.49. The highest BCUT2D eigenvalue weighted by Gasteiger charge is 2.14. The number of nitrogens with one attached hydrogen (secondary N) is 1. The minimum atomic E-state index is -0.165. The van der Waals surface area contributed by atoms with Crippen molar-refractivity contribution in [2.24, 2.45) is 0 Å². The average Bonchev–Trinajstić information content (AvgIpc) is 2.72. The highest BCUT2D eigenvalue weighted by molar-refractivity contribution is 6.31. The number of hydrogen-bond donors (Lipinski definition) is 1. The molecule has 0 unspecified atom stereocenters. The van der Waals surface area contributed by atoms with Gasteiger partial charge in [0.2, 0.25) is 0 Å². The summed E-state index contributed by atoms with van der Waals surface area (Å²) in [5, 5.41) is 3.75. The fourth-order valence-electron chi connectivity index (χ4n) is 3.56. The number of carbonyl (C=O) groups excluding carboxylic acids is 1. The van der Waals surface area contributed by atoms with Gasteiger partial charge in [0, 0.05) is 21.8 Å². The molecule has 0 aliphatic rings. The molecule has 3 aromatic rings. The van der Waals surface area contributed by atoms with E-state index < -0.39 is 0 Å². The third-order valence-electron chi connectivity index (χ3n) is 5.06. The summed E-state index contributed by atoms with van der Waals surface area (Å²) in [6.45, 7) is 10.7. The van der Waals surface area contributed by atoms with E-state index >= 15 is 0 Å². The minimum absolute atomic E-state index is 0.165. The van der Waals surface area contributed by atoms with Crippen LogP contribution >= 0.6 is 11.6 Å². The van der Waals surface area contributed by atoms with Gasteiger partial charge in [0.05, 0.1) is 6.61 Å². The van der Waals surface area contributed by atoms with E-state index in [2.05, 4.69) is 17.4 Å². The summed E-state index contributed by atoms with van der Waals surface area (Å²) >= 11 is 6.10. The first kappa shape index (κ1) is 22.7. The quantitative estimate of drug-likeness (QED) is 0.442. The lowest BCUT2D eigenvalue weighted by atomic mass is 10.0. The fraction of sp³-hybridized carbons (Fsp3) is 0.269. The Morgan fingerprint density at radius 2 is 1.61 bits per heavy atom. The SMILES string of the molecule is CCOc1ccc(C(=O)Nc2c(C)cc(C)cc2C)cc1COc1ccc(Cl)c(C)c1. The lowest BCUT2D eigenvalue weighted by molar-refractivity contribution is 0.102. The van der Waals surface area contributed by atoms with Crippen LogP contribution in [0.2, 0.25) is 5.02 Å². The summed E-state index contributed by atoms with van der Waals surface area (Å²) in [4.78, 5) is 13.0. The first-order valence-corrected chi connectivity index (χ1v) is 10.7. The van der Waals surface area contributed by atoms with E-state index in [1.807, 2.05) is 65.0 Å². The van der Waals surface area contributed by atoms with Gasteiger partial charge in [-0.05, 0) is 87.7 Å². The van der Waals surface area contributed by atoms with E-state index in [4.69, 9.17) is 21.1 Å². The first-order chi connectivity index (χ1) is 14.8. The Balaban J connectivity index is 1.83. The molecule has 0 aliphatic heterocycles. The molecule has 5 heteroatoms. The van der Waals surface area contributed by atoms with Crippen molar-refractivity contribution < 1.29 is 14.3 Å². The molecule has 1 amide bonds. The molecule has 31 heavy (non-hydrogen) atoms. The van der Waals surface area contributed by atoms with Crippen molar-refractivity contribution in [2.45, 2.75) is 41.2 Å². The molecule has 0 fully saturated rings. The van der Waals surface area contributed by atoms with Crippen LogP contribution in [0, 0.1) is 27.7 Å². The van der Waals surface area contributed by atoms with Gasteiger partial charge in [-0.3, -0.25) is 4.79 Å². The molecule has 162 valence electrons.